The van der Waals surface area contributed by atoms with Gasteiger partial charge in [0.05, 0.1) is 34.6 Å². The third kappa shape index (κ3) is 7.07. The quantitative estimate of drug-likeness (QED) is 0.424. The Morgan fingerprint density at radius 3 is 2.55 bits per heavy atom. The number of anilines is 1. The molecule has 0 bridgehead atoms. The fourth-order valence-corrected chi connectivity index (χ4v) is 5.67. The zero-order valence-corrected chi connectivity index (χ0v) is 23.7. The van der Waals surface area contributed by atoms with Crippen molar-refractivity contribution in [3.05, 3.63) is 40.7 Å². The summed E-state index contributed by atoms with van der Waals surface area (Å²) in [5.41, 5.74) is 9.74. The number of likely N-dealkylation sites (N-methyl/N-ethyl adjacent to an activating group) is 1. The normalized spacial score (nSPS) is 19.6. The highest BCUT2D eigenvalue weighted by molar-refractivity contribution is 6.00. The molecule has 0 spiro atoms. The monoisotopic (exact) mass is 553 g/mol. The molecule has 0 radical (unpaired) electrons. The summed E-state index contributed by atoms with van der Waals surface area (Å²) in [6, 6.07) is 5.40. The first-order valence-corrected chi connectivity index (χ1v) is 13.9. The highest BCUT2D eigenvalue weighted by atomic mass is 16.6. The number of carbonyl (C=O) groups is 4. The van der Waals surface area contributed by atoms with Crippen molar-refractivity contribution in [3.63, 3.8) is 0 Å². The summed E-state index contributed by atoms with van der Waals surface area (Å²) in [7, 11) is 3.69. The molecule has 1 amide bonds. The number of hydrogen-bond acceptors (Lipinski definition) is 9. The van der Waals surface area contributed by atoms with Crippen LogP contribution in [0.5, 0.6) is 0 Å². The molecule has 1 saturated carbocycles. The van der Waals surface area contributed by atoms with Gasteiger partial charge < -0.3 is 25.4 Å². The number of aromatic nitrogens is 2. The molecular weight excluding hydrogens is 514 g/mol. The molecule has 2 aliphatic carbocycles. The Hall–Kier alpha value is -3.73. The van der Waals surface area contributed by atoms with Gasteiger partial charge in [-0.3, -0.25) is 19.2 Å². The van der Waals surface area contributed by atoms with Gasteiger partial charge in [0.15, 0.2) is 5.78 Å². The van der Waals surface area contributed by atoms with Gasteiger partial charge in [-0.2, -0.15) is 5.10 Å². The van der Waals surface area contributed by atoms with Gasteiger partial charge in [-0.15, -0.1) is 0 Å². The van der Waals surface area contributed by atoms with Crippen molar-refractivity contribution in [2.75, 3.05) is 26.0 Å². The molecule has 11 nitrogen and oxygen atoms in total. The second-order valence-corrected chi connectivity index (χ2v) is 11.0. The number of nitrogens with zero attached hydrogens (tertiary/aromatic N) is 3. The van der Waals surface area contributed by atoms with Crippen LogP contribution in [0.15, 0.2) is 18.2 Å². The predicted octanol–water partition coefficient (Wildman–Crippen LogP) is 2.95. The maximum absolute atomic E-state index is 12.5. The third-order valence-corrected chi connectivity index (χ3v) is 7.39. The molecule has 0 saturated heterocycles. The number of amides is 1. The SMILES string of the molecule is CC(=O)OC(CC(=O)O[C@H]1CC[C@@H](Nc2cc(-n3nc(C)c4c3CCCC4=O)ccc2C(N)=O)CC1)CN(C)C. The lowest BCUT2D eigenvalue weighted by Gasteiger charge is -2.30. The summed E-state index contributed by atoms with van der Waals surface area (Å²) < 4.78 is 12.8. The lowest BCUT2D eigenvalue weighted by atomic mass is 9.92. The van der Waals surface area contributed by atoms with E-state index in [1.54, 1.807) is 16.8 Å². The highest BCUT2D eigenvalue weighted by Gasteiger charge is 2.28. The minimum absolute atomic E-state index is 0.00685. The lowest BCUT2D eigenvalue weighted by molar-refractivity contribution is -0.158. The number of rotatable bonds is 10. The van der Waals surface area contributed by atoms with Crippen molar-refractivity contribution in [1.29, 1.82) is 0 Å². The fourth-order valence-electron chi connectivity index (χ4n) is 5.67. The van der Waals surface area contributed by atoms with Crippen LogP contribution in [0.25, 0.3) is 5.69 Å². The summed E-state index contributed by atoms with van der Waals surface area (Å²) in [6.07, 6.45) is 4.11. The maximum Gasteiger partial charge on any atom is 0.309 e. The van der Waals surface area contributed by atoms with Gasteiger partial charge >= 0.3 is 11.9 Å². The van der Waals surface area contributed by atoms with E-state index in [-0.39, 0.29) is 30.3 Å². The van der Waals surface area contributed by atoms with Gasteiger partial charge in [0, 0.05) is 31.6 Å². The Morgan fingerprint density at radius 1 is 1.18 bits per heavy atom. The van der Waals surface area contributed by atoms with Crippen LogP contribution in [0.2, 0.25) is 0 Å². The molecule has 1 heterocycles. The molecule has 2 aromatic rings. The number of Topliss-reactive ketones (excluding diaryl/α,β-unsaturated/α-hetero) is 1. The Kier molecular flexibility index (Phi) is 9.24. The number of ether oxygens (including phenoxy) is 2. The number of nitrogens with two attached hydrogens (primary N) is 1. The number of benzene rings is 1. The molecular formula is C29H39N5O6. The van der Waals surface area contributed by atoms with Crippen LogP contribution in [-0.2, 0) is 25.5 Å². The van der Waals surface area contributed by atoms with Crippen LogP contribution in [0.3, 0.4) is 0 Å². The summed E-state index contributed by atoms with van der Waals surface area (Å²) in [5.74, 6) is -1.23. The largest absolute Gasteiger partial charge is 0.462 e. The Bertz CT molecular complexity index is 1280. The number of hydrogen-bond donors (Lipinski definition) is 2. The van der Waals surface area contributed by atoms with E-state index in [1.165, 1.54) is 6.92 Å². The van der Waals surface area contributed by atoms with Crippen molar-refractivity contribution in [1.82, 2.24) is 14.7 Å². The van der Waals surface area contributed by atoms with Crippen molar-refractivity contribution < 1.29 is 28.7 Å². The number of aryl methyl sites for hydroxylation is 1. The van der Waals surface area contributed by atoms with Crippen LogP contribution >= 0.6 is 0 Å². The number of nitrogens with one attached hydrogen (secondary N) is 1. The molecule has 3 N–H and O–H groups in total. The topological polar surface area (TPSA) is 146 Å². The van der Waals surface area contributed by atoms with Crippen LogP contribution in [0.4, 0.5) is 5.69 Å². The molecule has 216 valence electrons. The van der Waals surface area contributed by atoms with E-state index in [9.17, 15) is 19.2 Å². The van der Waals surface area contributed by atoms with E-state index in [0.717, 1.165) is 37.1 Å². The zero-order chi connectivity index (χ0) is 29.0. The minimum Gasteiger partial charge on any atom is -0.462 e. The van der Waals surface area contributed by atoms with Crippen molar-refractivity contribution in [2.45, 2.75) is 83.5 Å². The van der Waals surface area contributed by atoms with Crippen molar-refractivity contribution >= 4 is 29.3 Å². The van der Waals surface area contributed by atoms with E-state index >= 15 is 0 Å². The smallest absolute Gasteiger partial charge is 0.309 e. The summed E-state index contributed by atoms with van der Waals surface area (Å²) in [5, 5.41) is 8.11. The zero-order valence-electron chi connectivity index (χ0n) is 23.7. The summed E-state index contributed by atoms with van der Waals surface area (Å²) in [4.78, 5) is 50.5. The standard InChI is InChI=1S/C29H39N5O6/c1-17-28-25(6-5-7-26(28)36)34(32-17)20-10-13-23(29(30)38)24(14-20)31-19-8-11-21(12-9-19)40-27(37)15-22(16-33(3)4)39-18(2)35/h10,13-14,19,21-22,31H,5-9,11-12,15-16H2,1-4H3,(H2,30,38)/t19-,21+,22?. The average Bonchev–Trinajstić information content (AvgIpc) is 3.21. The molecule has 1 aromatic carbocycles. The molecule has 1 atom stereocenters. The molecule has 40 heavy (non-hydrogen) atoms. The van der Waals surface area contributed by atoms with E-state index in [4.69, 9.17) is 15.2 Å². The first-order valence-electron chi connectivity index (χ1n) is 13.9. The summed E-state index contributed by atoms with van der Waals surface area (Å²) in [6.45, 7) is 3.61. The Balaban J connectivity index is 1.40. The highest BCUT2D eigenvalue weighted by Crippen LogP contribution is 2.30. The average molecular weight is 554 g/mol. The van der Waals surface area contributed by atoms with Crippen LogP contribution in [-0.4, -0.2) is 77.2 Å². The minimum atomic E-state index is -0.556. The van der Waals surface area contributed by atoms with Crippen molar-refractivity contribution in [2.24, 2.45) is 5.73 Å². The second-order valence-electron chi connectivity index (χ2n) is 11.0. The van der Waals surface area contributed by atoms with Crippen LogP contribution < -0.4 is 11.1 Å². The molecule has 1 fully saturated rings. The summed E-state index contributed by atoms with van der Waals surface area (Å²) >= 11 is 0. The van der Waals surface area contributed by atoms with Gasteiger partial charge in [-0.05, 0) is 77.7 Å². The predicted molar refractivity (Wildman–Crippen MR) is 149 cm³/mol. The molecule has 1 unspecified atom stereocenters. The fraction of sp³-hybridized carbons (Fsp3) is 0.552. The number of primary amides is 1. The van der Waals surface area contributed by atoms with Gasteiger partial charge in [-0.25, -0.2) is 4.68 Å². The molecule has 11 heteroatoms. The maximum atomic E-state index is 12.5. The van der Waals surface area contributed by atoms with Gasteiger partial charge in [0.2, 0.25) is 0 Å². The van der Waals surface area contributed by atoms with Crippen LogP contribution in [0, 0.1) is 6.92 Å². The molecule has 1 aromatic heterocycles. The van der Waals surface area contributed by atoms with E-state index in [0.29, 0.717) is 48.3 Å². The van der Waals surface area contributed by atoms with E-state index < -0.39 is 18.0 Å². The van der Waals surface area contributed by atoms with Crippen LogP contribution in [0.1, 0.15) is 84.0 Å². The number of fused-ring (bicyclic) bond motifs is 1. The van der Waals surface area contributed by atoms with Crippen molar-refractivity contribution in [3.8, 4) is 5.69 Å². The van der Waals surface area contributed by atoms with E-state index in [1.807, 2.05) is 32.0 Å². The van der Waals surface area contributed by atoms with E-state index in [2.05, 4.69) is 10.4 Å². The molecule has 4 rings (SSSR count). The molecule has 2 aliphatic rings. The number of esters is 2. The third-order valence-electron chi connectivity index (χ3n) is 7.39. The second kappa shape index (κ2) is 12.6. The lowest BCUT2D eigenvalue weighted by Crippen LogP contribution is -2.35. The Labute approximate surface area is 234 Å². The number of ketones is 1. The first kappa shape index (κ1) is 29.3. The first-order chi connectivity index (χ1) is 19.0. The van der Waals surface area contributed by atoms with Gasteiger partial charge in [0.25, 0.3) is 5.91 Å². The van der Waals surface area contributed by atoms with Gasteiger partial charge in [-0.1, -0.05) is 0 Å². The van der Waals surface area contributed by atoms with Gasteiger partial charge in [0.1, 0.15) is 12.2 Å². The number of carbonyl (C=O) groups excluding carboxylic acids is 4. The molecule has 0 aliphatic heterocycles. The Morgan fingerprint density at radius 2 is 1.90 bits per heavy atom.